The van der Waals surface area contributed by atoms with Crippen molar-refractivity contribution in [2.24, 2.45) is 0 Å². The summed E-state index contributed by atoms with van der Waals surface area (Å²) < 4.78 is 1.89. The van der Waals surface area contributed by atoms with Crippen LogP contribution in [0.1, 0.15) is 27.0 Å². The van der Waals surface area contributed by atoms with Crippen molar-refractivity contribution >= 4 is 11.8 Å². The highest BCUT2D eigenvalue weighted by atomic mass is 16.2. The molecule has 0 fully saturated rings. The first-order chi connectivity index (χ1) is 16.1. The van der Waals surface area contributed by atoms with E-state index in [1.807, 2.05) is 78.5 Å². The molecule has 0 bridgehead atoms. The van der Waals surface area contributed by atoms with Gasteiger partial charge >= 0.3 is 0 Å². The van der Waals surface area contributed by atoms with E-state index >= 15 is 0 Å². The summed E-state index contributed by atoms with van der Waals surface area (Å²) in [6.45, 7) is 2.83. The molecule has 1 aromatic heterocycles. The van der Waals surface area contributed by atoms with Crippen molar-refractivity contribution in [2.75, 3.05) is 6.54 Å². The largest absolute Gasteiger partial charge is 0.350 e. The van der Waals surface area contributed by atoms with Gasteiger partial charge in [-0.2, -0.15) is 5.10 Å². The zero-order valence-corrected chi connectivity index (χ0v) is 18.5. The number of carbonyl (C=O) groups is 2. The molecule has 0 aliphatic carbocycles. The van der Waals surface area contributed by atoms with Gasteiger partial charge in [0.15, 0.2) is 0 Å². The van der Waals surface area contributed by atoms with Crippen LogP contribution in [0, 0.1) is 6.92 Å². The molecule has 6 heteroatoms. The fraction of sp³-hybridized carbons (Fsp3) is 0.148. The average molecular weight is 439 g/mol. The third-order valence-corrected chi connectivity index (χ3v) is 5.27. The van der Waals surface area contributed by atoms with E-state index in [1.54, 1.807) is 12.1 Å². The Kier molecular flexibility index (Phi) is 6.95. The molecule has 166 valence electrons. The predicted molar refractivity (Wildman–Crippen MR) is 129 cm³/mol. The van der Waals surface area contributed by atoms with Crippen molar-refractivity contribution in [3.8, 4) is 11.3 Å². The minimum absolute atomic E-state index is 0.0917. The number of nitrogens with zero attached hydrogens (tertiary/aromatic N) is 2. The molecule has 0 spiro atoms. The summed E-state index contributed by atoms with van der Waals surface area (Å²) in [4.78, 5) is 24.6. The van der Waals surface area contributed by atoms with E-state index in [1.165, 1.54) is 0 Å². The lowest BCUT2D eigenvalue weighted by molar-refractivity contribution is -0.120. The molecule has 1 heterocycles. The first-order valence-corrected chi connectivity index (χ1v) is 10.9. The van der Waals surface area contributed by atoms with E-state index in [0.29, 0.717) is 18.7 Å². The maximum atomic E-state index is 12.4. The predicted octanol–water partition coefficient (Wildman–Crippen LogP) is 3.95. The molecule has 0 aliphatic rings. The molecular weight excluding hydrogens is 412 g/mol. The Morgan fingerprint density at radius 3 is 2.21 bits per heavy atom. The Hall–Kier alpha value is -4.19. The number of benzene rings is 3. The molecule has 4 rings (SSSR count). The normalized spacial score (nSPS) is 10.6. The molecule has 2 N–H and O–H groups in total. The Balaban J connectivity index is 1.41. The van der Waals surface area contributed by atoms with Gasteiger partial charge in [-0.1, -0.05) is 78.4 Å². The number of hydrogen-bond donors (Lipinski definition) is 2. The van der Waals surface area contributed by atoms with Gasteiger partial charge in [0.1, 0.15) is 0 Å². The zero-order valence-electron chi connectivity index (χ0n) is 18.5. The smallest absolute Gasteiger partial charge is 0.251 e. The molecule has 0 radical (unpaired) electrons. The van der Waals surface area contributed by atoms with Gasteiger partial charge in [-0.25, -0.2) is 0 Å². The van der Waals surface area contributed by atoms with Crippen LogP contribution in [-0.4, -0.2) is 28.1 Å². The van der Waals surface area contributed by atoms with Gasteiger partial charge in [-0.3, -0.25) is 14.3 Å². The fourth-order valence-electron chi connectivity index (χ4n) is 3.51. The number of rotatable bonds is 8. The second-order valence-corrected chi connectivity index (χ2v) is 7.88. The van der Waals surface area contributed by atoms with E-state index in [2.05, 4.69) is 22.8 Å². The van der Waals surface area contributed by atoms with E-state index in [0.717, 1.165) is 27.9 Å². The van der Waals surface area contributed by atoms with E-state index in [-0.39, 0.29) is 18.4 Å². The molecule has 4 aromatic rings. The summed E-state index contributed by atoms with van der Waals surface area (Å²) >= 11 is 0. The highest BCUT2D eigenvalue weighted by molar-refractivity contribution is 5.96. The number of aryl methyl sites for hydroxylation is 1. The van der Waals surface area contributed by atoms with Crippen LogP contribution in [-0.2, 0) is 17.9 Å². The second-order valence-electron chi connectivity index (χ2n) is 7.88. The van der Waals surface area contributed by atoms with Gasteiger partial charge in [0.25, 0.3) is 5.91 Å². The van der Waals surface area contributed by atoms with Crippen molar-refractivity contribution in [3.63, 3.8) is 0 Å². The van der Waals surface area contributed by atoms with Crippen LogP contribution in [0.2, 0.25) is 0 Å². The summed E-state index contributed by atoms with van der Waals surface area (Å²) in [5.41, 5.74) is 5.48. The van der Waals surface area contributed by atoms with Crippen LogP contribution in [0.25, 0.3) is 11.3 Å². The van der Waals surface area contributed by atoms with Crippen molar-refractivity contribution < 1.29 is 9.59 Å². The van der Waals surface area contributed by atoms with Crippen LogP contribution >= 0.6 is 0 Å². The molecule has 0 saturated carbocycles. The lowest BCUT2D eigenvalue weighted by Gasteiger charge is -2.08. The van der Waals surface area contributed by atoms with E-state index in [9.17, 15) is 9.59 Å². The van der Waals surface area contributed by atoms with Crippen molar-refractivity contribution in [1.29, 1.82) is 0 Å². The molecule has 0 atom stereocenters. The van der Waals surface area contributed by atoms with Gasteiger partial charge in [0.2, 0.25) is 5.91 Å². The topological polar surface area (TPSA) is 76.0 Å². The molecule has 3 aromatic carbocycles. The quantitative estimate of drug-likeness (QED) is 0.437. The lowest BCUT2D eigenvalue weighted by atomic mass is 10.1. The van der Waals surface area contributed by atoms with Crippen LogP contribution in [0.3, 0.4) is 0 Å². The Bertz CT molecular complexity index is 1220. The summed E-state index contributed by atoms with van der Waals surface area (Å²) in [5, 5.41) is 10.3. The summed E-state index contributed by atoms with van der Waals surface area (Å²) in [7, 11) is 0. The minimum Gasteiger partial charge on any atom is -0.350 e. The number of amides is 2. The minimum atomic E-state index is -0.272. The Morgan fingerprint density at radius 1 is 0.848 bits per heavy atom. The maximum absolute atomic E-state index is 12.4. The van der Waals surface area contributed by atoms with E-state index in [4.69, 9.17) is 5.10 Å². The number of carbonyl (C=O) groups excluding carboxylic acids is 2. The summed E-state index contributed by atoms with van der Waals surface area (Å²) in [5.74, 6) is -0.531. The maximum Gasteiger partial charge on any atom is 0.251 e. The molecule has 6 nitrogen and oxygen atoms in total. The Morgan fingerprint density at radius 2 is 1.52 bits per heavy atom. The molecular formula is C27H26N4O2. The third kappa shape index (κ3) is 5.95. The summed E-state index contributed by atoms with van der Waals surface area (Å²) in [6.07, 6.45) is 1.96. The molecule has 0 aliphatic heterocycles. The van der Waals surface area contributed by atoms with Gasteiger partial charge in [-0.15, -0.1) is 0 Å². The van der Waals surface area contributed by atoms with Crippen molar-refractivity contribution in [3.05, 3.63) is 113 Å². The Labute approximate surface area is 193 Å². The molecule has 2 amide bonds. The lowest BCUT2D eigenvalue weighted by Crippen LogP contribution is -2.36. The van der Waals surface area contributed by atoms with Gasteiger partial charge < -0.3 is 10.6 Å². The SMILES string of the molecule is Cc1ccc(C(=O)NCC(=O)NCc2cn(Cc3ccccc3)nc2-c2ccccc2)cc1. The average Bonchev–Trinajstić information content (AvgIpc) is 3.25. The van der Waals surface area contributed by atoms with Crippen molar-refractivity contribution in [2.45, 2.75) is 20.0 Å². The highest BCUT2D eigenvalue weighted by Crippen LogP contribution is 2.22. The molecule has 33 heavy (non-hydrogen) atoms. The highest BCUT2D eigenvalue weighted by Gasteiger charge is 2.13. The number of hydrogen-bond acceptors (Lipinski definition) is 3. The van der Waals surface area contributed by atoms with Gasteiger partial charge in [0.05, 0.1) is 18.8 Å². The van der Waals surface area contributed by atoms with Crippen LogP contribution in [0.5, 0.6) is 0 Å². The van der Waals surface area contributed by atoms with E-state index < -0.39 is 0 Å². The van der Waals surface area contributed by atoms with Crippen LogP contribution in [0.4, 0.5) is 0 Å². The van der Waals surface area contributed by atoms with Crippen molar-refractivity contribution in [1.82, 2.24) is 20.4 Å². The van der Waals surface area contributed by atoms with Crippen LogP contribution in [0.15, 0.2) is 91.1 Å². The third-order valence-electron chi connectivity index (χ3n) is 5.27. The number of aromatic nitrogens is 2. The first-order valence-electron chi connectivity index (χ1n) is 10.9. The standard InChI is InChI=1S/C27H26N4O2/c1-20-12-14-23(15-13-20)27(33)29-17-25(32)28-16-24-19-31(18-21-8-4-2-5-9-21)30-26(24)22-10-6-3-7-11-22/h2-15,19H,16-18H2,1H3,(H,28,32)(H,29,33). The van der Waals surface area contributed by atoms with Crippen LogP contribution < -0.4 is 10.6 Å². The molecule has 0 saturated heterocycles. The zero-order chi connectivity index (χ0) is 23.0. The van der Waals surface area contributed by atoms with Gasteiger partial charge in [0, 0.05) is 29.4 Å². The first kappa shape index (κ1) is 22.0. The van der Waals surface area contributed by atoms with Gasteiger partial charge in [-0.05, 0) is 24.6 Å². The summed E-state index contributed by atoms with van der Waals surface area (Å²) in [6, 6.07) is 27.2. The molecule has 0 unspecified atom stereocenters. The number of nitrogens with one attached hydrogen (secondary N) is 2. The monoisotopic (exact) mass is 438 g/mol. The second kappa shape index (κ2) is 10.4. The fourth-order valence-corrected chi connectivity index (χ4v) is 3.51.